The number of hydrogen-bond donors (Lipinski definition) is 2. The van der Waals surface area contributed by atoms with Crippen LogP contribution in [0.1, 0.15) is 22.3 Å². The minimum absolute atomic E-state index is 0.247. The quantitative estimate of drug-likeness (QED) is 0.359. The van der Waals surface area contributed by atoms with Crippen LogP contribution < -0.4 is 15.5 Å². The number of nitrogens with one attached hydrogen (secondary N) is 2. The zero-order chi connectivity index (χ0) is 22.2. The van der Waals surface area contributed by atoms with E-state index in [0.29, 0.717) is 17.0 Å². The summed E-state index contributed by atoms with van der Waals surface area (Å²) < 4.78 is 18.8. The van der Waals surface area contributed by atoms with Crippen molar-refractivity contribution in [1.29, 1.82) is 0 Å². The number of benzene rings is 3. The average Bonchev–Trinajstić information content (AvgIpc) is 2.72. The number of rotatable bonds is 6. The first kappa shape index (κ1) is 21.7. The molecule has 0 aliphatic heterocycles. The molecule has 2 N–H and O–H groups in total. The lowest BCUT2D eigenvalue weighted by atomic mass is 10.1. The number of anilines is 1. The monoisotopic (exact) mass is 419 g/mol. The van der Waals surface area contributed by atoms with Crippen LogP contribution in [0.15, 0.2) is 71.8 Å². The van der Waals surface area contributed by atoms with Crippen molar-refractivity contribution < 1.29 is 18.7 Å². The normalized spacial score (nSPS) is 10.7. The highest BCUT2D eigenvalue weighted by Crippen LogP contribution is 2.15. The Balaban J connectivity index is 1.48. The summed E-state index contributed by atoms with van der Waals surface area (Å²) in [5.74, 6) is -1.37. The predicted molar refractivity (Wildman–Crippen MR) is 117 cm³/mol. The van der Waals surface area contributed by atoms with Gasteiger partial charge < -0.3 is 10.1 Å². The van der Waals surface area contributed by atoms with E-state index in [1.165, 1.54) is 18.3 Å². The summed E-state index contributed by atoms with van der Waals surface area (Å²) in [7, 11) is 0. The summed E-state index contributed by atoms with van der Waals surface area (Å²) in [6.07, 6.45) is 1.42. The highest BCUT2D eigenvalue weighted by atomic mass is 19.1. The van der Waals surface area contributed by atoms with Crippen molar-refractivity contribution in [1.82, 2.24) is 5.43 Å². The maximum absolute atomic E-state index is 13.2. The largest absolute Gasteiger partial charge is 0.489 e. The van der Waals surface area contributed by atoms with Crippen LogP contribution in [0.5, 0.6) is 5.75 Å². The lowest BCUT2D eigenvalue weighted by molar-refractivity contribution is -0.136. The standard InChI is InChI=1S/C24H22FN3O3/c1-16-10-17(2)12-21(11-16)27-23(29)24(30)28-26-14-18-6-8-22(9-7-18)31-15-19-4-3-5-20(25)13-19/h3-14H,15H2,1-2H3,(H,27,29)(H,28,30)/b26-14+. The van der Waals surface area contributed by atoms with E-state index >= 15 is 0 Å². The fourth-order valence-electron chi connectivity index (χ4n) is 2.89. The lowest BCUT2D eigenvalue weighted by Crippen LogP contribution is -2.32. The van der Waals surface area contributed by atoms with Crippen LogP contribution in [0.4, 0.5) is 10.1 Å². The van der Waals surface area contributed by atoms with Crippen molar-refractivity contribution in [3.05, 3.63) is 94.8 Å². The Morgan fingerprint density at radius 1 is 0.968 bits per heavy atom. The maximum atomic E-state index is 13.2. The molecule has 0 aliphatic carbocycles. The minimum Gasteiger partial charge on any atom is -0.489 e. The van der Waals surface area contributed by atoms with Gasteiger partial charge in [0.15, 0.2) is 0 Å². The Labute approximate surface area is 179 Å². The fourth-order valence-corrected chi connectivity index (χ4v) is 2.89. The topological polar surface area (TPSA) is 79.8 Å². The summed E-state index contributed by atoms with van der Waals surface area (Å²) in [6.45, 7) is 4.06. The van der Waals surface area contributed by atoms with Gasteiger partial charge in [0.25, 0.3) is 0 Å². The molecule has 0 bridgehead atoms. The van der Waals surface area contributed by atoms with Gasteiger partial charge in [0.05, 0.1) is 6.21 Å². The van der Waals surface area contributed by atoms with Crippen LogP contribution in [0.3, 0.4) is 0 Å². The van der Waals surface area contributed by atoms with E-state index in [2.05, 4.69) is 15.8 Å². The average molecular weight is 419 g/mol. The van der Waals surface area contributed by atoms with Crippen molar-refractivity contribution in [2.45, 2.75) is 20.5 Å². The van der Waals surface area contributed by atoms with Crippen molar-refractivity contribution in [2.75, 3.05) is 5.32 Å². The number of aryl methyl sites for hydroxylation is 2. The van der Waals surface area contributed by atoms with Crippen LogP contribution in [-0.2, 0) is 16.2 Å². The van der Waals surface area contributed by atoms with Crippen LogP contribution >= 0.6 is 0 Å². The molecular formula is C24H22FN3O3. The number of hydrazone groups is 1. The third kappa shape index (κ3) is 6.78. The highest BCUT2D eigenvalue weighted by Gasteiger charge is 2.13. The van der Waals surface area contributed by atoms with Crippen LogP contribution in [0.25, 0.3) is 0 Å². The van der Waals surface area contributed by atoms with Crippen LogP contribution in [0.2, 0.25) is 0 Å². The van der Waals surface area contributed by atoms with E-state index in [4.69, 9.17) is 4.74 Å². The maximum Gasteiger partial charge on any atom is 0.329 e. The Morgan fingerprint density at radius 2 is 1.68 bits per heavy atom. The Morgan fingerprint density at radius 3 is 2.35 bits per heavy atom. The molecule has 0 aliphatic rings. The molecule has 0 spiro atoms. The molecule has 31 heavy (non-hydrogen) atoms. The predicted octanol–water partition coefficient (Wildman–Crippen LogP) is 4.11. The summed E-state index contributed by atoms with van der Waals surface area (Å²) >= 11 is 0. The van der Waals surface area contributed by atoms with Gasteiger partial charge in [-0.15, -0.1) is 0 Å². The SMILES string of the molecule is Cc1cc(C)cc(NC(=O)C(=O)N/N=C/c2ccc(OCc3cccc(F)c3)cc2)c1. The molecule has 3 aromatic rings. The zero-order valence-electron chi connectivity index (χ0n) is 17.2. The van der Waals surface area contributed by atoms with E-state index in [1.54, 1.807) is 48.5 Å². The molecular weight excluding hydrogens is 397 g/mol. The van der Waals surface area contributed by atoms with Gasteiger partial charge in [-0.05, 0) is 84.6 Å². The summed E-state index contributed by atoms with van der Waals surface area (Å²) in [6, 6.07) is 18.7. The smallest absolute Gasteiger partial charge is 0.329 e. The first-order valence-corrected chi connectivity index (χ1v) is 9.59. The van der Waals surface area contributed by atoms with Gasteiger partial charge in [-0.3, -0.25) is 9.59 Å². The number of carbonyl (C=O) groups excluding carboxylic acids is 2. The number of amides is 2. The lowest BCUT2D eigenvalue weighted by Gasteiger charge is -2.07. The van der Waals surface area contributed by atoms with Gasteiger partial charge in [-0.2, -0.15) is 5.10 Å². The van der Waals surface area contributed by atoms with Gasteiger partial charge in [-0.25, -0.2) is 9.82 Å². The molecule has 0 fully saturated rings. The number of ether oxygens (including phenoxy) is 1. The third-order valence-corrected chi connectivity index (χ3v) is 4.24. The van der Waals surface area contributed by atoms with E-state index in [0.717, 1.165) is 16.7 Å². The molecule has 3 aromatic carbocycles. The van der Waals surface area contributed by atoms with Gasteiger partial charge >= 0.3 is 11.8 Å². The number of carbonyl (C=O) groups is 2. The molecule has 0 saturated heterocycles. The Hall–Kier alpha value is -4.00. The molecule has 0 atom stereocenters. The first-order valence-electron chi connectivity index (χ1n) is 9.59. The molecule has 0 aromatic heterocycles. The van der Waals surface area contributed by atoms with Gasteiger partial charge in [0, 0.05) is 5.69 Å². The molecule has 0 saturated carbocycles. The van der Waals surface area contributed by atoms with Crippen molar-refractivity contribution in [3.8, 4) is 5.75 Å². The second kappa shape index (κ2) is 10.2. The van der Waals surface area contributed by atoms with E-state index in [-0.39, 0.29) is 12.4 Å². The molecule has 2 amide bonds. The minimum atomic E-state index is -0.870. The Bertz CT molecular complexity index is 1090. The number of hydrogen-bond acceptors (Lipinski definition) is 4. The molecule has 3 rings (SSSR count). The molecule has 7 heteroatoms. The second-order valence-corrected chi connectivity index (χ2v) is 7.02. The third-order valence-electron chi connectivity index (χ3n) is 4.24. The molecule has 0 radical (unpaired) electrons. The van der Waals surface area contributed by atoms with Crippen molar-refractivity contribution in [2.24, 2.45) is 5.10 Å². The number of halogens is 1. The Kier molecular flexibility index (Phi) is 7.11. The molecule has 0 unspecified atom stereocenters. The van der Waals surface area contributed by atoms with Gasteiger partial charge in [0.1, 0.15) is 18.2 Å². The van der Waals surface area contributed by atoms with E-state index < -0.39 is 11.8 Å². The van der Waals surface area contributed by atoms with Gasteiger partial charge in [-0.1, -0.05) is 18.2 Å². The number of nitrogens with zero attached hydrogens (tertiary/aromatic N) is 1. The van der Waals surface area contributed by atoms with Crippen molar-refractivity contribution in [3.63, 3.8) is 0 Å². The fraction of sp³-hybridized carbons (Fsp3) is 0.125. The molecule has 6 nitrogen and oxygen atoms in total. The van der Waals surface area contributed by atoms with E-state index in [9.17, 15) is 14.0 Å². The second-order valence-electron chi connectivity index (χ2n) is 7.02. The van der Waals surface area contributed by atoms with Crippen LogP contribution in [-0.4, -0.2) is 18.0 Å². The first-order chi connectivity index (χ1) is 14.9. The summed E-state index contributed by atoms with van der Waals surface area (Å²) in [5, 5.41) is 6.35. The molecule has 158 valence electrons. The van der Waals surface area contributed by atoms with Crippen molar-refractivity contribution >= 4 is 23.7 Å². The van der Waals surface area contributed by atoms with Gasteiger partial charge in [0.2, 0.25) is 0 Å². The molecule has 0 heterocycles. The highest BCUT2D eigenvalue weighted by molar-refractivity contribution is 6.39. The summed E-state index contributed by atoms with van der Waals surface area (Å²) in [5.41, 5.74) is 6.15. The zero-order valence-corrected chi connectivity index (χ0v) is 17.2. The van der Waals surface area contributed by atoms with Crippen LogP contribution in [0, 0.1) is 19.7 Å². The van der Waals surface area contributed by atoms with E-state index in [1.807, 2.05) is 19.9 Å². The summed E-state index contributed by atoms with van der Waals surface area (Å²) in [4.78, 5) is 23.9.